The van der Waals surface area contributed by atoms with Gasteiger partial charge in [0.1, 0.15) is 23.5 Å². The molecule has 1 aliphatic rings. The first-order chi connectivity index (χ1) is 13.5. The molecule has 0 saturated carbocycles. The van der Waals surface area contributed by atoms with Crippen molar-refractivity contribution in [3.8, 4) is 5.75 Å². The molecule has 1 aliphatic heterocycles. The Morgan fingerprint density at radius 2 is 2.04 bits per heavy atom. The molecule has 0 bridgehead atoms. The molecule has 2 atom stereocenters. The van der Waals surface area contributed by atoms with Crippen molar-refractivity contribution in [1.29, 1.82) is 0 Å². The predicted molar refractivity (Wildman–Crippen MR) is 106 cm³/mol. The van der Waals surface area contributed by atoms with Crippen LogP contribution in [0.2, 0.25) is 0 Å². The molecule has 2 aromatic carbocycles. The van der Waals surface area contributed by atoms with E-state index in [1.165, 1.54) is 12.1 Å². The number of esters is 1. The lowest BCUT2D eigenvalue weighted by Crippen LogP contribution is -2.38. The van der Waals surface area contributed by atoms with Crippen molar-refractivity contribution in [2.75, 3.05) is 0 Å². The molecule has 5 nitrogen and oxygen atoms in total. The topological polar surface area (TPSA) is 65.7 Å². The SMILES string of the molecule is Cc1cccc(/C=C/C(=O)OC2Cc3cc4ccc(=O)oc4cc3OC2C)c1. The summed E-state index contributed by atoms with van der Waals surface area (Å²) in [5.74, 6) is 0.245. The molecule has 0 spiro atoms. The third kappa shape index (κ3) is 3.83. The van der Waals surface area contributed by atoms with E-state index >= 15 is 0 Å². The quantitative estimate of drug-likeness (QED) is 0.392. The van der Waals surface area contributed by atoms with Crippen molar-refractivity contribution in [3.05, 3.63) is 81.7 Å². The molecule has 0 aliphatic carbocycles. The summed E-state index contributed by atoms with van der Waals surface area (Å²) in [6, 6.07) is 14.6. The van der Waals surface area contributed by atoms with E-state index in [0.29, 0.717) is 17.8 Å². The van der Waals surface area contributed by atoms with Gasteiger partial charge in [-0.1, -0.05) is 29.8 Å². The second-order valence-corrected chi connectivity index (χ2v) is 7.00. The zero-order valence-corrected chi connectivity index (χ0v) is 15.7. The van der Waals surface area contributed by atoms with Gasteiger partial charge in [-0.15, -0.1) is 0 Å². The van der Waals surface area contributed by atoms with E-state index < -0.39 is 17.7 Å². The van der Waals surface area contributed by atoms with Gasteiger partial charge in [-0.3, -0.25) is 0 Å². The van der Waals surface area contributed by atoms with Gasteiger partial charge in [-0.2, -0.15) is 0 Å². The van der Waals surface area contributed by atoms with E-state index in [1.54, 1.807) is 18.2 Å². The Balaban J connectivity index is 1.50. The van der Waals surface area contributed by atoms with Crippen LogP contribution in [0, 0.1) is 6.92 Å². The number of ether oxygens (including phenoxy) is 2. The van der Waals surface area contributed by atoms with Crippen LogP contribution in [0.25, 0.3) is 17.0 Å². The monoisotopic (exact) mass is 376 g/mol. The number of carbonyl (C=O) groups excluding carboxylic acids is 1. The minimum atomic E-state index is -0.405. The van der Waals surface area contributed by atoms with E-state index in [1.807, 2.05) is 44.2 Å². The highest BCUT2D eigenvalue weighted by Gasteiger charge is 2.30. The summed E-state index contributed by atoms with van der Waals surface area (Å²) in [6.45, 7) is 3.86. The maximum absolute atomic E-state index is 12.3. The molecular weight excluding hydrogens is 356 g/mol. The predicted octanol–water partition coefficient (Wildman–Crippen LogP) is 4.05. The van der Waals surface area contributed by atoms with Crippen LogP contribution in [-0.2, 0) is 16.0 Å². The van der Waals surface area contributed by atoms with Gasteiger partial charge in [-0.25, -0.2) is 9.59 Å². The average Bonchev–Trinajstić information content (AvgIpc) is 2.66. The standard InChI is InChI=1S/C23H20O5/c1-14-4-3-5-16(10-14)6-8-22(24)27-19-12-18-11-17-7-9-23(25)28-20(17)13-21(18)26-15(19)2/h3-11,13,15,19H,12H2,1-2H3/b8-6+. The smallest absolute Gasteiger partial charge is 0.336 e. The van der Waals surface area contributed by atoms with Gasteiger partial charge < -0.3 is 13.9 Å². The number of fused-ring (bicyclic) bond motifs is 2. The maximum Gasteiger partial charge on any atom is 0.336 e. The number of hydrogen-bond donors (Lipinski definition) is 0. The van der Waals surface area contributed by atoms with Crippen LogP contribution in [0.3, 0.4) is 0 Å². The zero-order chi connectivity index (χ0) is 19.7. The van der Waals surface area contributed by atoms with E-state index in [0.717, 1.165) is 22.1 Å². The highest BCUT2D eigenvalue weighted by atomic mass is 16.6. The highest BCUT2D eigenvalue weighted by Crippen LogP contribution is 2.32. The van der Waals surface area contributed by atoms with Crippen molar-refractivity contribution in [1.82, 2.24) is 0 Å². The second kappa shape index (κ2) is 7.35. The minimum absolute atomic E-state index is 0.309. The molecular formula is C23H20O5. The number of benzene rings is 2. The Hall–Kier alpha value is -3.34. The number of hydrogen-bond acceptors (Lipinski definition) is 5. The fraction of sp³-hybridized carbons (Fsp3) is 0.217. The highest BCUT2D eigenvalue weighted by molar-refractivity contribution is 5.87. The van der Waals surface area contributed by atoms with E-state index in [9.17, 15) is 9.59 Å². The fourth-order valence-electron chi connectivity index (χ4n) is 3.34. The summed E-state index contributed by atoms with van der Waals surface area (Å²) < 4.78 is 16.7. The molecule has 3 aromatic rings. The van der Waals surface area contributed by atoms with Gasteiger partial charge in [0, 0.05) is 30.0 Å². The molecule has 4 rings (SSSR count). The lowest BCUT2D eigenvalue weighted by molar-refractivity contribution is -0.148. The molecule has 0 fully saturated rings. The van der Waals surface area contributed by atoms with Gasteiger partial charge in [-0.05, 0) is 43.2 Å². The molecule has 0 saturated heterocycles. The van der Waals surface area contributed by atoms with Gasteiger partial charge in [0.2, 0.25) is 0 Å². The van der Waals surface area contributed by atoms with Crippen molar-refractivity contribution in [3.63, 3.8) is 0 Å². The third-order valence-electron chi connectivity index (χ3n) is 4.78. The molecule has 1 aromatic heterocycles. The van der Waals surface area contributed by atoms with Crippen LogP contribution >= 0.6 is 0 Å². The fourth-order valence-corrected chi connectivity index (χ4v) is 3.34. The largest absolute Gasteiger partial charge is 0.486 e. The molecule has 0 amide bonds. The van der Waals surface area contributed by atoms with Crippen LogP contribution in [0.15, 0.2) is 63.8 Å². The van der Waals surface area contributed by atoms with E-state index in [-0.39, 0.29) is 6.10 Å². The Labute approximate surface area is 162 Å². The molecule has 5 heteroatoms. The molecule has 0 N–H and O–H groups in total. The van der Waals surface area contributed by atoms with Crippen molar-refractivity contribution >= 4 is 23.0 Å². The first-order valence-corrected chi connectivity index (χ1v) is 9.17. The number of carbonyl (C=O) groups is 1. The van der Waals surface area contributed by atoms with Gasteiger partial charge in [0.15, 0.2) is 0 Å². The van der Waals surface area contributed by atoms with Crippen molar-refractivity contribution in [2.45, 2.75) is 32.5 Å². The maximum atomic E-state index is 12.3. The molecule has 28 heavy (non-hydrogen) atoms. The second-order valence-electron chi connectivity index (χ2n) is 7.00. The summed E-state index contributed by atoms with van der Waals surface area (Å²) in [6.07, 6.45) is 3.02. The molecule has 2 heterocycles. The Kier molecular flexibility index (Phi) is 4.74. The van der Waals surface area contributed by atoms with Crippen molar-refractivity contribution in [2.24, 2.45) is 0 Å². The van der Waals surface area contributed by atoms with Gasteiger partial charge in [0.25, 0.3) is 0 Å². The number of aryl methyl sites for hydroxylation is 1. The van der Waals surface area contributed by atoms with Crippen LogP contribution in [0.4, 0.5) is 0 Å². The first kappa shape index (κ1) is 18.0. The number of rotatable bonds is 3. The Morgan fingerprint density at radius 1 is 1.18 bits per heavy atom. The summed E-state index contributed by atoms with van der Waals surface area (Å²) in [5.41, 5.74) is 3.08. The van der Waals surface area contributed by atoms with Crippen LogP contribution in [0.5, 0.6) is 5.75 Å². The summed E-state index contributed by atoms with van der Waals surface area (Å²) in [4.78, 5) is 23.7. The minimum Gasteiger partial charge on any atom is -0.486 e. The Bertz CT molecular complexity index is 1130. The molecule has 0 radical (unpaired) electrons. The lowest BCUT2D eigenvalue weighted by Gasteiger charge is -2.30. The third-order valence-corrected chi connectivity index (χ3v) is 4.78. The van der Waals surface area contributed by atoms with Crippen LogP contribution in [-0.4, -0.2) is 18.2 Å². The molecule has 142 valence electrons. The van der Waals surface area contributed by atoms with Gasteiger partial charge >= 0.3 is 11.6 Å². The summed E-state index contributed by atoms with van der Waals surface area (Å²) in [5, 5.41) is 0.806. The van der Waals surface area contributed by atoms with E-state index in [2.05, 4.69) is 0 Å². The first-order valence-electron chi connectivity index (χ1n) is 9.17. The summed E-state index contributed by atoms with van der Waals surface area (Å²) in [7, 11) is 0. The Morgan fingerprint density at radius 3 is 2.86 bits per heavy atom. The van der Waals surface area contributed by atoms with Gasteiger partial charge in [0.05, 0.1) is 0 Å². The van der Waals surface area contributed by atoms with E-state index in [4.69, 9.17) is 13.9 Å². The normalized spacial score (nSPS) is 18.6. The van der Waals surface area contributed by atoms with Crippen molar-refractivity contribution < 1.29 is 18.7 Å². The molecule has 2 unspecified atom stereocenters. The van der Waals surface area contributed by atoms with Crippen LogP contribution < -0.4 is 10.4 Å². The average molecular weight is 376 g/mol. The lowest BCUT2D eigenvalue weighted by atomic mass is 9.98. The summed E-state index contributed by atoms with van der Waals surface area (Å²) >= 11 is 0. The van der Waals surface area contributed by atoms with Crippen LogP contribution in [0.1, 0.15) is 23.6 Å². The zero-order valence-electron chi connectivity index (χ0n) is 15.7.